The maximum Gasteiger partial charge on any atom is 0.340 e. The summed E-state index contributed by atoms with van der Waals surface area (Å²) in [5.74, 6) is -0.463. The lowest BCUT2D eigenvalue weighted by Gasteiger charge is -2.19. The van der Waals surface area contributed by atoms with E-state index in [0.29, 0.717) is 42.9 Å². The summed E-state index contributed by atoms with van der Waals surface area (Å²) in [5, 5.41) is 0. The summed E-state index contributed by atoms with van der Waals surface area (Å²) < 4.78 is 13.5. The number of hydrogen-bond donors (Lipinski definition) is 0. The molecule has 8 heteroatoms. The lowest BCUT2D eigenvalue weighted by atomic mass is 10.0. The Labute approximate surface area is 226 Å². The standard InChI is InChI=1S/C24H34Br4O4/c1-5-9-11-15(7-3)13-31-23(29)17-18(20(26)22(28)21(27)19(17)25)24(30)32-14-16(8-4)12-10-6-2/h15-16H,5-14H2,1-4H3/t15-,16+. The summed E-state index contributed by atoms with van der Waals surface area (Å²) in [4.78, 5) is 26.2. The van der Waals surface area contributed by atoms with E-state index in [1.165, 1.54) is 0 Å². The van der Waals surface area contributed by atoms with Crippen LogP contribution in [0.25, 0.3) is 0 Å². The average Bonchev–Trinajstić information content (AvgIpc) is 2.79. The van der Waals surface area contributed by atoms with Crippen LogP contribution >= 0.6 is 63.7 Å². The number of benzene rings is 1. The van der Waals surface area contributed by atoms with E-state index < -0.39 is 11.9 Å². The van der Waals surface area contributed by atoms with Crippen LogP contribution in [0.15, 0.2) is 17.9 Å². The summed E-state index contributed by atoms with van der Waals surface area (Å²) in [7, 11) is 0. The van der Waals surface area contributed by atoms with E-state index in [2.05, 4.69) is 91.4 Å². The number of hydrogen-bond acceptors (Lipinski definition) is 4. The van der Waals surface area contributed by atoms with Gasteiger partial charge in [0.1, 0.15) is 0 Å². The van der Waals surface area contributed by atoms with Crippen LogP contribution in [0.2, 0.25) is 0 Å². The van der Waals surface area contributed by atoms with Crippen molar-refractivity contribution in [1.29, 1.82) is 0 Å². The molecule has 0 bridgehead atoms. The number of carbonyl (C=O) groups is 2. The lowest BCUT2D eigenvalue weighted by molar-refractivity contribution is 0.0379. The van der Waals surface area contributed by atoms with E-state index in [-0.39, 0.29) is 11.1 Å². The summed E-state index contributed by atoms with van der Waals surface area (Å²) in [6.07, 6.45) is 8.32. The second-order valence-corrected chi connectivity index (χ2v) is 11.2. The van der Waals surface area contributed by atoms with E-state index in [9.17, 15) is 9.59 Å². The van der Waals surface area contributed by atoms with E-state index in [4.69, 9.17) is 9.47 Å². The number of rotatable bonds is 14. The SMILES string of the molecule is CCCC[C@@H](CC)COC(=O)c1c(Br)c(Br)c(Br)c(Br)c1C(=O)OC[C@@H](CC)CCCC. The Morgan fingerprint density at radius 2 is 1.00 bits per heavy atom. The summed E-state index contributed by atoms with van der Waals surface area (Å²) >= 11 is 13.9. The van der Waals surface area contributed by atoms with Crippen LogP contribution in [-0.2, 0) is 9.47 Å². The second-order valence-electron chi connectivity index (χ2n) is 8.04. The Hall–Kier alpha value is 0.0800. The van der Waals surface area contributed by atoms with Crippen molar-refractivity contribution < 1.29 is 19.1 Å². The van der Waals surface area contributed by atoms with E-state index in [1.807, 2.05) is 0 Å². The first-order chi connectivity index (χ1) is 15.2. The molecule has 2 atom stereocenters. The maximum absolute atomic E-state index is 13.1. The fourth-order valence-electron chi connectivity index (χ4n) is 3.34. The van der Waals surface area contributed by atoms with Crippen LogP contribution in [0.1, 0.15) is 99.8 Å². The van der Waals surface area contributed by atoms with Crippen molar-refractivity contribution in [3.63, 3.8) is 0 Å². The molecule has 0 aliphatic rings. The molecule has 32 heavy (non-hydrogen) atoms. The zero-order valence-electron chi connectivity index (χ0n) is 19.4. The van der Waals surface area contributed by atoms with Gasteiger partial charge in [-0.1, -0.05) is 66.2 Å². The third-order valence-corrected chi connectivity index (χ3v) is 10.4. The molecule has 0 spiro atoms. The molecule has 1 aromatic rings. The first kappa shape index (κ1) is 30.1. The minimum Gasteiger partial charge on any atom is -0.462 e. The Balaban J connectivity index is 3.15. The average molecular weight is 706 g/mol. The van der Waals surface area contributed by atoms with Gasteiger partial charge in [0, 0.05) is 17.9 Å². The van der Waals surface area contributed by atoms with Crippen molar-refractivity contribution in [2.24, 2.45) is 11.8 Å². The summed E-state index contributed by atoms with van der Waals surface area (Å²) in [6, 6.07) is 0. The molecule has 0 radical (unpaired) electrons. The number of carbonyl (C=O) groups excluding carboxylic acids is 2. The quantitative estimate of drug-likeness (QED) is 0.110. The zero-order chi connectivity index (χ0) is 24.3. The summed E-state index contributed by atoms with van der Waals surface area (Å²) in [6.45, 7) is 9.16. The molecule has 0 unspecified atom stereocenters. The molecule has 182 valence electrons. The third-order valence-electron chi connectivity index (χ3n) is 5.66. The highest BCUT2D eigenvalue weighted by atomic mass is 79.9. The van der Waals surface area contributed by atoms with Gasteiger partial charge in [-0.2, -0.15) is 0 Å². The van der Waals surface area contributed by atoms with Crippen LogP contribution in [0.3, 0.4) is 0 Å². The van der Waals surface area contributed by atoms with Crippen molar-refractivity contribution in [3.8, 4) is 0 Å². The number of ether oxygens (including phenoxy) is 2. The summed E-state index contributed by atoms with van der Waals surface area (Å²) in [5.41, 5.74) is 0.341. The Bertz CT molecular complexity index is 704. The highest BCUT2D eigenvalue weighted by Crippen LogP contribution is 2.43. The van der Waals surface area contributed by atoms with Gasteiger partial charge in [0.2, 0.25) is 0 Å². The van der Waals surface area contributed by atoms with Gasteiger partial charge >= 0.3 is 11.9 Å². The van der Waals surface area contributed by atoms with Crippen LogP contribution < -0.4 is 0 Å². The Morgan fingerprint density at radius 1 is 0.656 bits per heavy atom. The molecule has 0 heterocycles. The van der Waals surface area contributed by atoms with Gasteiger partial charge in [-0.3, -0.25) is 0 Å². The molecular formula is C24H34Br4O4. The second kappa shape index (κ2) is 15.9. The van der Waals surface area contributed by atoms with Gasteiger partial charge in [-0.15, -0.1) is 0 Å². The van der Waals surface area contributed by atoms with Crippen LogP contribution in [0.5, 0.6) is 0 Å². The van der Waals surface area contributed by atoms with Crippen molar-refractivity contribution in [2.45, 2.75) is 79.1 Å². The van der Waals surface area contributed by atoms with Crippen molar-refractivity contribution >= 4 is 75.7 Å². The van der Waals surface area contributed by atoms with Gasteiger partial charge in [0.25, 0.3) is 0 Å². The molecule has 1 rings (SSSR count). The molecule has 0 aliphatic carbocycles. The molecule has 0 aliphatic heterocycles. The molecule has 0 saturated carbocycles. The van der Waals surface area contributed by atoms with Crippen LogP contribution in [0, 0.1) is 11.8 Å². The van der Waals surface area contributed by atoms with E-state index >= 15 is 0 Å². The predicted octanol–water partition coefficient (Wildman–Crippen LogP) is 9.48. The largest absolute Gasteiger partial charge is 0.462 e. The Kier molecular flexibility index (Phi) is 14.9. The number of unbranched alkanes of at least 4 members (excludes halogenated alkanes) is 2. The minimum absolute atomic E-state index is 0.170. The molecular weight excluding hydrogens is 672 g/mol. The van der Waals surface area contributed by atoms with Gasteiger partial charge < -0.3 is 9.47 Å². The normalized spacial score (nSPS) is 13.0. The first-order valence-corrected chi connectivity index (χ1v) is 14.6. The molecule has 4 nitrogen and oxygen atoms in total. The Morgan fingerprint density at radius 3 is 1.28 bits per heavy atom. The van der Waals surface area contributed by atoms with Crippen molar-refractivity contribution in [3.05, 3.63) is 29.0 Å². The van der Waals surface area contributed by atoms with Crippen molar-refractivity contribution in [2.75, 3.05) is 13.2 Å². The molecule has 1 aromatic carbocycles. The molecule has 0 fully saturated rings. The van der Waals surface area contributed by atoms with Gasteiger partial charge in [-0.05, 0) is 88.4 Å². The molecule has 0 amide bonds. The molecule has 0 saturated heterocycles. The maximum atomic E-state index is 13.1. The third kappa shape index (κ3) is 8.70. The smallest absolute Gasteiger partial charge is 0.340 e. The zero-order valence-corrected chi connectivity index (χ0v) is 25.7. The lowest BCUT2D eigenvalue weighted by Crippen LogP contribution is -2.21. The molecule has 0 aromatic heterocycles. The topological polar surface area (TPSA) is 52.6 Å². The molecule has 0 N–H and O–H groups in total. The number of halogens is 4. The fourth-order valence-corrected chi connectivity index (χ4v) is 5.78. The van der Waals surface area contributed by atoms with Gasteiger partial charge in [0.05, 0.1) is 24.3 Å². The first-order valence-electron chi connectivity index (χ1n) is 11.4. The van der Waals surface area contributed by atoms with Gasteiger partial charge in [-0.25, -0.2) is 9.59 Å². The fraction of sp³-hybridized carbons (Fsp3) is 0.667. The van der Waals surface area contributed by atoms with Crippen LogP contribution in [-0.4, -0.2) is 25.2 Å². The highest BCUT2D eigenvalue weighted by Gasteiger charge is 2.30. The minimum atomic E-state index is -0.536. The monoisotopic (exact) mass is 702 g/mol. The highest BCUT2D eigenvalue weighted by molar-refractivity contribution is 9.15. The predicted molar refractivity (Wildman–Crippen MR) is 144 cm³/mol. The number of esters is 2. The van der Waals surface area contributed by atoms with Crippen LogP contribution in [0.4, 0.5) is 0 Å². The van der Waals surface area contributed by atoms with Crippen molar-refractivity contribution in [1.82, 2.24) is 0 Å². The van der Waals surface area contributed by atoms with Gasteiger partial charge in [0.15, 0.2) is 0 Å². The van der Waals surface area contributed by atoms with E-state index in [0.717, 1.165) is 51.4 Å². The van der Waals surface area contributed by atoms with E-state index in [1.54, 1.807) is 0 Å².